The molecule has 0 saturated carbocycles. The first-order chi connectivity index (χ1) is 5.45. The summed E-state index contributed by atoms with van der Waals surface area (Å²) in [5, 5.41) is 29.2. The molecule has 0 radical (unpaired) electrons. The van der Waals surface area contributed by atoms with Gasteiger partial charge in [0.1, 0.15) is 5.60 Å². The maximum atomic E-state index is 10.1. The number of aliphatic hydroxyl groups is 1. The monoisotopic (exact) mass is 189 g/mol. The minimum atomic E-state index is -2.92. The molecular formula is C6H9Li2NO5. The summed E-state index contributed by atoms with van der Waals surface area (Å²) in [7, 11) is 0. The average molecular weight is 189 g/mol. The number of carboxylic acids is 2. The summed E-state index contributed by atoms with van der Waals surface area (Å²) in [6.45, 7) is 0.0862. The zero-order valence-corrected chi connectivity index (χ0v) is 8.28. The van der Waals surface area contributed by atoms with Gasteiger partial charge in [-0.25, -0.2) is 0 Å². The summed E-state index contributed by atoms with van der Waals surface area (Å²) < 4.78 is 0. The third-order valence-electron chi connectivity index (χ3n) is 1.42. The first-order valence-electron chi connectivity index (χ1n) is 3.30. The van der Waals surface area contributed by atoms with Crippen LogP contribution in [0.3, 0.4) is 0 Å². The summed E-state index contributed by atoms with van der Waals surface area (Å²) in [6.07, 6.45) is -0.438. The second kappa shape index (κ2) is 8.37. The fourth-order valence-electron chi connectivity index (χ4n) is 0.645. The van der Waals surface area contributed by atoms with Gasteiger partial charge in [-0.3, -0.25) is 0 Å². The Morgan fingerprint density at radius 1 is 1.21 bits per heavy atom. The summed E-state index contributed by atoms with van der Waals surface area (Å²) in [5.74, 6) is -4.15. The molecule has 0 atom stereocenters. The molecule has 0 aromatic heterocycles. The third kappa shape index (κ3) is 5.06. The van der Waals surface area contributed by atoms with Crippen molar-refractivity contribution in [3.8, 4) is 0 Å². The molecule has 0 spiro atoms. The van der Waals surface area contributed by atoms with Gasteiger partial charge in [-0.15, -0.1) is 0 Å². The van der Waals surface area contributed by atoms with Gasteiger partial charge in [0.15, 0.2) is 0 Å². The normalized spacial score (nSPS) is 9.57. The van der Waals surface area contributed by atoms with Crippen LogP contribution in [-0.4, -0.2) is 29.2 Å². The Morgan fingerprint density at radius 3 is 1.79 bits per heavy atom. The molecule has 0 aliphatic rings. The van der Waals surface area contributed by atoms with E-state index in [1.54, 1.807) is 0 Å². The SMILES string of the molecule is NCCCC(O)(C(=O)[O-])C(=O)[O-].[Li+].[Li+]. The van der Waals surface area contributed by atoms with Crippen LogP contribution in [0.15, 0.2) is 0 Å². The molecule has 0 unspecified atom stereocenters. The molecule has 3 N–H and O–H groups in total. The van der Waals surface area contributed by atoms with Crippen molar-refractivity contribution in [3.05, 3.63) is 0 Å². The minimum absolute atomic E-state index is 0. The van der Waals surface area contributed by atoms with E-state index in [0.29, 0.717) is 0 Å². The number of rotatable bonds is 5. The molecule has 0 rings (SSSR count). The van der Waals surface area contributed by atoms with Gasteiger partial charge in [0.25, 0.3) is 0 Å². The van der Waals surface area contributed by atoms with Crippen LogP contribution in [0.25, 0.3) is 0 Å². The number of hydrogen-bond donors (Lipinski definition) is 2. The van der Waals surface area contributed by atoms with Crippen molar-refractivity contribution in [1.29, 1.82) is 0 Å². The fraction of sp³-hybridized carbons (Fsp3) is 0.667. The Hall–Kier alpha value is 0.0548. The Kier molecular flexibility index (Phi) is 11.7. The molecular weight excluding hydrogens is 180 g/mol. The first kappa shape index (κ1) is 19.6. The van der Waals surface area contributed by atoms with Crippen LogP contribution >= 0.6 is 0 Å². The van der Waals surface area contributed by atoms with Crippen LogP contribution in [0.4, 0.5) is 0 Å². The molecule has 0 aliphatic carbocycles. The molecule has 8 heteroatoms. The number of nitrogens with two attached hydrogens (primary N) is 1. The number of carboxylic acid groups (broad SMARTS) is 2. The van der Waals surface area contributed by atoms with Crippen molar-refractivity contribution >= 4 is 11.9 Å². The third-order valence-corrected chi connectivity index (χ3v) is 1.42. The van der Waals surface area contributed by atoms with E-state index in [0.717, 1.165) is 0 Å². The molecule has 0 aromatic rings. The summed E-state index contributed by atoms with van der Waals surface area (Å²) in [6, 6.07) is 0. The van der Waals surface area contributed by atoms with Gasteiger partial charge in [-0.05, 0) is 19.4 Å². The molecule has 0 amide bonds. The maximum absolute atomic E-state index is 10.1. The van der Waals surface area contributed by atoms with Crippen LogP contribution in [0.2, 0.25) is 0 Å². The van der Waals surface area contributed by atoms with Crippen LogP contribution < -0.4 is 53.7 Å². The van der Waals surface area contributed by atoms with Crippen LogP contribution in [-0.2, 0) is 9.59 Å². The number of carbonyl (C=O) groups is 2. The van der Waals surface area contributed by atoms with E-state index < -0.39 is 24.0 Å². The predicted octanol–water partition coefficient (Wildman–Crippen LogP) is -10.0. The van der Waals surface area contributed by atoms with Crippen molar-refractivity contribution < 1.29 is 62.6 Å². The van der Waals surface area contributed by atoms with Crippen LogP contribution in [0, 0.1) is 0 Å². The fourth-order valence-corrected chi connectivity index (χ4v) is 0.645. The maximum Gasteiger partial charge on any atom is 1.00 e. The molecule has 0 aliphatic heterocycles. The summed E-state index contributed by atoms with van der Waals surface area (Å²) >= 11 is 0. The van der Waals surface area contributed by atoms with Crippen molar-refractivity contribution in [1.82, 2.24) is 0 Å². The van der Waals surface area contributed by atoms with Gasteiger partial charge in [-0.2, -0.15) is 0 Å². The first-order valence-corrected chi connectivity index (χ1v) is 3.30. The quantitative estimate of drug-likeness (QED) is 0.326. The van der Waals surface area contributed by atoms with Crippen molar-refractivity contribution in [2.75, 3.05) is 6.54 Å². The predicted molar refractivity (Wildman–Crippen MR) is 33.3 cm³/mol. The van der Waals surface area contributed by atoms with E-state index in [-0.39, 0.29) is 50.7 Å². The van der Waals surface area contributed by atoms with Gasteiger partial charge < -0.3 is 30.6 Å². The van der Waals surface area contributed by atoms with Gasteiger partial charge in [0, 0.05) is 0 Å². The van der Waals surface area contributed by atoms with Gasteiger partial charge >= 0.3 is 37.7 Å². The molecule has 0 fully saturated rings. The average Bonchev–Trinajstić information content (AvgIpc) is 1.99. The second-order valence-electron chi connectivity index (χ2n) is 2.33. The molecule has 70 valence electrons. The van der Waals surface area contributed by atoms with E-state index in [2.05, 4.69) is 0 Å². The standard InChI is InChI=1S/C6H11NO5.2Li/c7-3-1-2-6(12,4(8)9)5(10)11;;/h12H,1-3,7H2,(H,8,9)(H,10,11);;/q;2*+1/p-2. The summed E-state index contributed by atoms with van der Waals surface area (Å²) in [4.78, 5) is 20.3. The number of aliphatic carboxylic acids is 2. The van der Waals surface area contributed by atoms with Crippen molar-refractivity contribution in [2.45, 2.75) is 18.4 Å². The molecule has 0 heterocycles. The molecule has 0 bridgehead atoms. The zero-order chi connectivity index (χ0) is 9.78. The largest absolute Gasteiger partial charge is 1.00 e. The Balaban J connectivity index is -0.000000605. The van der Waals surface area contributed by atoms with Gasteiger partial charge in [-0.1, -0.05) is 0 Å². The van der Waals surface area contributed by atoms with E-state index in [9.17, 15) is 19.8 Å². The molecule has 14 heavy (non-hydrogen) atoms. The van der Waals surface area contributed by atoms with E-state index in [4.69, 9.17) is 10.8 Å². The Bertz CT molecular complexity index is 185. The zero-order valence-electron chi connectivity index (χ0n) is 8.28. The van der Waals surface area contributed by atoms with Crippen molar-refractivity contribution in [2.24, 2.45) is 5.73 Å². The number of carbonyl (C=O) groups excluding carboxylic acids is 2. The van der Waals surface area contributed by atoms with E-state index >= 15 is 0 Å². The van der Waals surface area contributed by atoms with Crippen LogP contribution in [0.5, 0.6) is 0 Å². The van der Waals surface area contributed by atoms with E-state index in [1.807, 2.05) is 0 Å². The second-order valence-corrected chi connectivity index (χ2v) is 2.33. The number of hydrogen-bond acceptors (Lipinski definition) is 6. The molecule has 0 saturated heterocycles. The molecule has 6 nitrogen and oxygen atoms in total. The molecule has 0 aromatic carbocycles. The summed E-state index contributed by atoms with van der Waals surface area (Å²) in [5.41, 5.74) is 2.08. The van der Waals surface area contributed by atoms with Gasteiger partial charge in [0.2, 0.25) is 0 Å². The van der Waals surface area contributed by atoms with Gasteiger partial charge in [0.05, 0.1) is 11.9 Å². The Labute approximate surface area is 105 Å². The van der Waals surface area contributed by atoms with Crippen molar-refractivity contribution in [3.63, 3.8) is 0 Å². The topological polar surface area (TPSA) is 127 Å². The Morgan fingerprint density at radius 2 is 1.57 bits per heavy atom. The minimum Gasteiger partial charge on any atom is -0.547 e. The van der Waals surface area contributed by atoms with E-state index in [1.165, 1.54) is 0 Å². The van der Waals surface area contributed by atoms with Crippen LogP contribution in [0.1, 0.15) is 12.8 Å². The smallest absolute Gasteiger partial charge is 0.547 e.